The quantitative estimate of drug-likeness (QED) is 0.183. The number of ether oxygens (including phenoxy) is 1. The van der Waals surface area contributed by atoms with Crippen molar-refractivity contribution in [1.29, 1.82) is 5.41 Å². The molecule has 1 aliphatic heterocycles. The molecule has 0 saturated carbocycles. The van der Waals surface area contributed by atoms with E-state index in [0.717, 1.165) is 24.0 Å². The van der Waals surface area contributed by atoms with E-state index in [4.69, 9.17) is 15.9 Å². The van der Waals surface area contributed by atoms with Crippen molar-refractivity contribution >= 4 is 36.0 Å². The number of benzene rings is 3. The molecular formula is C31H35ClN4O4. The van der Waals surface area contributed by atoms with E-state index in [-0.39, 0.29) is 42.5 Å². The van der Waals surface area contributed by atoms with Crippen LogP contribution in [0.5, 0.6) is 0 Å². The van der Waals surface area contributed by atoms with E-state index in [1.165, 1.54) is 12.7 Å². The fourth-order valence-electron chi connectivity index (χ4n) is 5.01. The van der Waals surface area contributed by atoms with Gasteiger partial charge in [-0.3, -0.25) is 19.8 Å². The first kappa shape index (κ1) is 30.4. The zero-order valence-corrected chi connectivity index (χ0v) is 23.3. The zero-order valence-electron chi connectivity index (χ0n) is 22.5. The average molecular weight is 563 g/mol. The second-order valence-corrected chi connectivity index (χ2v) is 9.77. The number of methoxy groups -OCH3 is 1. The highest BCUT2D eigenvalue weighted by atomic mass is 35.5. The molecule has 210 valence electrons. The Morgan fingerprint density at radius 3 is 2.40 bits per heavy atom. The van der Waals surface area contributed by atoms with Crippen molar-refractivity contribution < 1.29 is 19.1 Å². The molecule has 4 rings (SSSR count). The molecule has 1 fully saturated rings. The average Bonchev–Trinajstić information content (AvgIpc) is 3.25. The SMILES string of the molecule is COC(=O)C[C@@H]1C[C@@H](CNC(=O)c2cccc(-c3ccc(C(=N)N)cc3)c2)N(CCCc2ccccc2)C1=O.Cl. The Morgan fingerprint density at radius 2 is 1.73 bits per heavy atom. The number of carbonyl (C=O) groups excluding carboxylic acids is 3. The number of rotatable bonds is 11. The molecule has 0 spiro atoms. The molecule has 3 aromatic carbocycles. The number of hydrogen-bond acceptors (Lipinski definition) is 5. The van der Waals surface area contributed by atoms with Crippen LogP contribution >= 0.6 is 12.4 Å². The Bertz CT molecular complexity index is 1330. The number of hydrogen-bond donors (Lipinski definition) is 3. The van der Waals surface area contributed by atoms with Crippen LogP contribution in [0.15, 0.2) is 78.9 Å². The minimum atomic E-state index is -0.447. The normalized spacial score (nSPS) is 16.2. The van der Waals surface area contributed by atoms with Crippen LogP contribution in [-0.2, 0) is 20.7 Å². The van der Waals surface area contributed by atoms with Crippen molar-refractivity contribution in [2.45, 2.75) is 31.7 Å². The number of amides is 2. The largest absolute Gasteiger partial charge is 0.469 e. The third-order valence-electron chi connectivity index (χ3n) is 7.13. The van der Waals surface area contributed by atoms with Crippen LogP contribution in [0, 0.1) is 11.3 Å². The predicted molar refractivity (Wildman–Crippen MR) is 157 cm³/mol. The molecule has 4 N–H and O–H groups in total. The third kappa shape index (κ3) is 7.70. The molecule has 0 unspecified atom stereocenters. The number of nitrogens with two attached hydrogens (primary N) is 1. The van der Waals surface area contributed by atoms with Gasteiger partial charge in [0.25, 0.3) is 5.91 Å². The topological polar surface area (TPSA) is 126 Å². The van der Waals surface area contributed by atoms with Crippen molar-refractivity contribution in [2.75, 3.05) is 20.2 Å². The second-order valence-electron chi connectivity index (χ2n) is 9.77. The fourth-order valence-corrected chi connectivity index (χ4v) is 5.01. The first-order valence-electron chi connectivity index (χ1n) is 13.1. The minimum Gasteiger partial charge on any atom is -0.469 e. The third-order valence-corrected chi connectivity index (χ3v) is 7.13. The summed E-state index contributed by atoms with van der Waals surface area (Å²) in [6.07, 6.45) is 2.16. The first-order chi connectivity index (χ1) is 18.9. The van der Waals surface area contributed by atoms with Gasteiger partial charge < -0.3 is 20.7 Å². The highest BCUT2D eigenvalue weighted by Crippen LogP contribution is 2.28. The van der Waals surface area contributed by atoms with Crippen molar-refractivity contribution in [3.05, 3.63) is 95.6 Å². The van der Waals surface area contributed by atoms with Crippen LogP contribution in [0.1, 0.15) is 40.7 Å². The van der Waals surface area contributed by atoms with Gasteiger partial charge in [-0.1, -0.05) is 66.7 Å². The summed E-state index contributed by atoms with van der Waals surface area (Å²) in [4.78, 5) is 40.0. The maximum Gasteiger partial charge on any atom is 0.306 e. The van der Waals surface area contributed by atoms with E-state index < -0.39 is 11.9 Å². The van der Waals surface area contributed by atoms with Crippen LogP contribution < -0.4 is 11.1 Å². The summed E-state index contributed by atoms with van der Waals surface area (Å²) in [5, 5.41) is 10.6. The Labute approximate surface area is 240 Å². The van der Waals surface area contributed by atoms with Crippen molar-refractivity contribution in [3.8, 4) is 11.1 Å². The summed E-state index contributed by atoms with van der Waals surface area (Å²) in [5.41, 5.74) is 9.67. The summed E-state index contributed by atoms with van der Waals surface area (Å²) < 4.78 is 4.80. The number of amidine groups is 1. The van der Waals surface area contributed by atoms with Crippen LogP contribution in [0.3, 0.4) is 0 Å². The van der Waals surface area contributed by atoms with E-state index in [2.05, 4.69) is 17.4 Å². The van der Waals surface area contributed by atoms with Gasteiger partial charge >= 0.3 is 5.97 Å². The van der Waals surface area contributed by atoms with Gasteiger partial charge in [0.2, 0.25) is 5.91 Å². The zero-order chi connectivity index (χ0) is 27.8. The predicted octanol–water partition coefficient (Wildman–Crippen LogP) is 4.20. The Balaban J connectivity index is 0.00000441. The highest BCUT2D eigenvalue weighted by molar-refractivity contribution is 5.96. The molecule has 0 radical (unpaired) electrons. The van der Waals surface area contributed by atoms with Crippen LogP contribution in [0.4, 0.5) is 0 Å². The molecule has 8 nitrogen and oxygen atoms in total. The van der Waals surface area contributed by atoms with Gasteiger partial charge in [0.05, 0.1) is 19.4 Å². The standard InChI is InChI=1S/C31H34N4O4.ClH/c1-39-28(36)19-26-18-27(35(31(26)38)16-6-9-21-7-3-2-4-8-21)20-34-30(37)25-11-5-10-24(17-25)22-12-14-23(15-13-22)29(32)33;/h2-5,7-8,10-15,17,26-27H,6,9,16,18-20H2,1H3,(H3,32,33)(H,34,37);1H/t26-,27-;/m0./s1. The lowest BCUT2D eigenvalue weighted by molar-refractivity contribution is -0.144. The minimum absolute atomic E-state index is 0. The summed E-state index contributed by atoms with van der Waals surface area (Å²) in [6.45, 7) is 0.850. The number of nitrogen functional groups attached to an aromatic ring is 1. The lowest BCUT2D eigenvalue weighted by Crippen LogP contribution is -2.42. The van der Waals surface area contributed by atoms with E-state index in [9.17, 15) is 14.4 Å². The molecule has 9 heteroatoms. The lowest BCUT2D eigenvalue weighted by atomic mass is 10.0. The van der Waals surface area contributed by atoms with E-state index in [0.29, 0.717) is 30.6 Å². The maximum absolute atomic E-state index is 13.2. The number of carbonyl (C=O) groups is 3. The molecular weight excluding hydrogens is 528 g/mol. The molecule has 0 aliphatic carbocycles. The molecule has 1 saturated heterocycles. The first-order valence-corrected chi connectivity index (χ1v) is 13.1. The number of likely N-dealkylation sites (tertiary alicyclic amines) is 1. The molecule has 0 aromatic heterocycles. The molecule has 1 heterocycles. The summed E-state index contributed by atoms with van der Waals surface area (Å²) in [6, 6.07) is 24.5. The van der Waals surface area contributed by atoms with E-state index >= 15 is 0 Å². The molecule has 2 amide bonds. The number of nitrogens with one attached hydrogen (secondary N) is 2. The van der Waals surface area contributed by atoms with Gasteiger partial charge in [-0.2, -0.15) is 0 Å². The van der Waals surface area contributed by atoms with Gasteiger partial charge in [-0.15, -0.1) is 12.4 Å². The van der Waals surface area contributed by atoms with Crippen LogP contribution in [-0.4, -0.2) is 54.8 Å². The van der Waals surface area contributed by atoms with E-state index in [1.54, 1.807) is 18.2 Å². The summed E-state index contributed by atoms with van der Waals surface area (Å²) in [7, 11) is 1.32. The molecule has 0 bridgehead atoms. The lowest BCUT2D eigenvalue weighted by Gasteiger charge is -2.25. The van der Waals surface area contributed by atoms with Crippen molar-refractivity contribution in [3.63, 3.8) is 0 Å². The van der Waals surface area contributed by atoms with Gasteiger partial charge in [0.15, 0.2) is 0 Å². The highest BCUT2D eigenvalue weighted by Gasteiger charge is 2.40. The molecule has 40 heavy (non-hydrogen) atoms. The van der Waals surface area contributed by atoms with Crippen molar-refractivity contribution in [1.82, 2.24) is 10.2 Å². The summed E-state index contributed by atoms with van der Waals surface area (Å²) in [5.74, 6) is -1.15. The fraction of sp³-hybridized carbons (Fsp3) is 0.290. The van der Waals surface area contributed by atoms with Crippen LogP contribution in [0.25, 0.3) is 11.1 Å². The summed E-state index contributed by atoms with van der Waals surface area (Å²) >= 11 is 0. The number of aryl methyl sites for hydroxylation is 1. The van der Waals surface area contributed by atoms with Gasteiger partial charge in [0.1, 0.15) is 5.84 Å². The maximum atomic E-state index is 13.2. The monoisotopic (exact) mass is 562 g/mol. The Kier molecular flexibility index (Phi) is 10.8. The second kappa shape index (κ2) is 14.3. The van der Waals surface area contributed by atoms with Gasteiger partial charge in [0, 0.05) is 30.3 Å². The molecule has 1 aliphatic rings. The molecule has 2 atom stereocenters. The van der Waals surface area contributed by atoms with E-state index in [1.807, 2.05) is 53.4 Å². The smallest absolute Gasteiger partial charge is 0.306 e. The Hall–Kier alpha value is -4.17. The van der Waals surface area contributed by atoms with Gasteiger partial charge in [-0.05, 0) is 48.1 Å². The Morgan fingerprint density at radius 1 is 1.00 bits per heavy atom. The molecule has 3 aromatic rings. The number of esters is 1. The number of halogens is 1. The van der Waals surface area contributed by atoms with Crippen molar-refractivity contribution in [2.24, 2.45) is 11.7 Å². The van der Waals surface area contributed by atoms with Crippen LogP contribution in [0.2, 0.25) is 0 Å². The number of nitrogens with zero attached hydrogens (tertiary/aromatic N) is 1. The van der Waals surface area contributed by atoms with Gasteiger partial charge in [-0.25, -0.2) is 0 Å².